The Morgan fingerprint density at radius 1 is 1.42 bits per heavy atom. The van der Waals surface area contributed by atoms with Crippen LogP contribution in [0, 0.1) is 5.92 Å². The molecule has 1 aromatic carbocycles. The molecule has 0 spiro atoms. The lowest BCUT2D eigenvalue weighted by atomic mass is 10.1. The number of hydrogen-bond acceptors (Lipinski definition) is 3. The lowest BCUT2D eigenvalue weighted by Crippen LogP contribution is -2.26. The number of H-pyrrole nitrogens is 1. The molecule has 5 heteroatoms. The quantitative estimate of drug-likeness (QED) is 0.863. The molecule has 5 nitrogen and oxygen atoms in total. The van der Waals surface area contributed by atoms with E-state index in [1.807, 2.05) is 32.0 Å². The zero-order chi connectivity index (χ0) is 13.8. The maximum Gasteiger partial charge on any atom is 0.417 e. The fraction of sp³-hybridized carbons (Fsp3) is 0.429. The van der Waals surface area contributed by atoms with E-state index in [2.05, 4.69) is 10.3 Å². The Kier molecular flexibility index (Phi) is 4.04. The number of benzene rings is 1. The van der Waals surface area contributed by atoms with E-state index in [1.165, 1.54) is 0 Å². The van der Waals surface area contributed by atoms with Crippen LogP contribution in [0.5, 0.6) is 0 Å². The molecular formula is C14H18N2O3. The molecular weight excluding hydrogens is 244 g/mol. The van der Waals surface area contributed by atoms with Crippen LogP contribution in [0.3, 0.4) is 0 Å². The summed E-state index contributed by atoms with van der Waals surface area (Å²) in [7, 11) is 0. The molecule has 0 aliphatic carbocycles. The molecule has 102 valence electrons. The van der Waals surface area contributed by atoms with Gasteiger partial charge in [-0.25, -0.2) is 4.79 Å². The summed E-state index contributed by atoms with van der Waals surface area (Å²) in [5.41, 5.74) is 2.27. The Hall–Kier alpha value is -2.04. The largest absolute Gasteiger partial charge is 0.417 e. The predicted octanol–water partition coefficient (Wildman–Crippen LogP) is 1.83. The van der Waals surface area contributed by atoms with Gasteiger partial charge >= 0.3 is 5.76 Å². The maximum absolute atomic E-state index is 11.5. The highest BCUT2D eigenvalue weighted by Crippen LogP contribution is 2.12. The Bertz CT molecular complexity index is 625. The smallest absolute Gasteiger partial charge is 0.408 e. The fourth-order valence-electron chi connectivity index (χ4n) is 1.93. The third-order valence-electron chi connectivity index (χ3n) is 2.81. The van der Waals surface area contributed by atoms with Crippen LogP contribution >= 0.6 is 0 Å². The van der Waals surface area contributed by atoms with Crippen LogP contribution in [0.25, 0.3) is 11.1 Å². The molecule has 0 saturated heterocycles. The average molecular weight is 262 g/mol. The second-order valence-corrected chi connectivity index (χ2v) is 5.04. The molecule has 0 atom stereocenters. The van der Waals surface area contributed by atoms with Gasteiger partial charge in [-0.3, -0.25) is 9.78 Å². The average Bonchev–Trinajstić information content (AvgIpc) is 2.67. The molecule has 1 aromatic heterocycles. The zero-order valence-corrected chi connectivity index (χ0v) is 11.2. The molecule has 0 aliphatic heterocycles. The van der Waals surface area contributed by atoms with Crippen molar-refractivity contribution in [1.29, 1.82) is 0 Å². The van der Waals surface area contributed by atoms with E-state index < -0.39 is 5.76 Å². The number of amides is 1. The fourth-order valence-corrected chi connectivity index (χ4v) is 1.93. The standard InChI is InChI=1S/C14H18N2O3/c1-9(2)7-13(17)15-6-5-10-3-4-11-12(8-10)19-14(18)16-11/h3-4,8-9H,5-7H2,1-2H3,(H,15,17)(H,16,18). The highest BCUT2D eigenvalue weighted by atomic mass is 16.4. The van der Waals surface area contributed by atoms with Crippen molar-refractivity contribution in [2.75, 3.05) is 6.54 Å². The lowest BCUT2D eigenvalue weighted by molar-refractivity contribution is -0.121. The number of fused-ring (bicyclic) bond motifs is 1. The van der Waals surface area contributed by atoms with E-state index in [0.717, 1.165) is 5.56 Å². The molecule has 2 N–H and O–H groups in total. The SMILES string of the molecule is CC(C)CC(=O)NCCc1ccc2[nH]c(=O)oc2c1. The van der Waals surface area contributed by atoms with E-state index in [4.69, 9.17) is 4.42 Å². The number of carbonyl (C=O) groups excluding carboxylic acids is 1. The summed E-state index contributed by atoms with van der Waals surface area (Å²) >= 11 is 0. The predicted molar refractivity (Wildman–Crippen MR) is 73.0 cm³/mol. The minimum Gasteiger partial charge on any atom is -0.408 e. The van der Waals surface area contributed by atoms with Crippen LogP contribution in [0.2, 0.25) is 0 Å². The number of aromatic amines is 1. The number of oxazole rings is 1. The molecule has 0 fully saturated rings. The summed E-state index contributed by atoms with van der Waals surface area (Å²) in [5.74, 6) is -0.00729. The zero-order valence-electron chi connectivity index (χ0n) is 11.2. The molecule has 1 amide bonds. The van der Waals surface area contributed by atoms with Gasteiger partial charge in [-0.2, -0.15) is 0 Å². The van der Waals surface area contributed by atoms with E-state index in [1.54, 1.807) is 0 Å². The van der Waals surface area contributed by atoms with Crippen molar-refractivity contribution in [2.24, 2.45) is 5.92 Å². The van der Waals surface area contributed by atoms with Crippen molar-refractivity contribution in [2.45, 2.75) is 26.7 Å². The van der Waals surface area contributed by atoms with Gasteiger partial charge in [0.15, 0.2) is 5.58 Å². The lowest BCUT2D eigenvalue weighted by Gasteiger charge is -2.07. The Balaban J connectivity index is 1.91. The van der Waals surface area contributed by atoms with Crippen LogP contribution in [0.4, 0.5) is 0 Å². The molecule has 2 rings (SSSR count). The van der Waals surface area contributed by atoms with E-state index >= 15 is 0 Å². The van der Waals surface area contributed by atoms with Gasteiger partial charge < -0.3 is 9.73 Å². The van der Waals surface area contributed by atoms with Gasteiger partial charge in [0.1, 0.15) is 0 Å². The summed E-state index contributed by atoms with van der Waals surface area (Å²) in [6.45, 7) is 4.62. The molecule has 2 aromatic rings. The van der Waals surface area contributed by atoms with Crippen LogP contribution < -0.4 is 11.1 Å². The number of nitrogens with one attached hydrogen (secondary N) is 2. The second kappa shape index (κ2) is 5.73. The van der Waals surface area contributed by atoms with E-state index in [-0.39, 0.29) is 5.91 Å². The first kappa shape index (κ1) is 13.4. The monoisotopic (exact) mass is 262 g/mol. The topological polar surface area (TPSA) is 75.1 Å². The molecule has 0 unspecified atom stereocenters. The van der Waals surface area contributed by atoms with E-state index in [9.17, 15) is 9.59 Å². The van der Waals surface area contributed by atoms with Crippen molar-refractivity contribution >= 4 is 17.0 Å². The molecule has 0 aliphatic rings. The number of rotatable bonds is 5. The van der Waals surface area contributed by atoms with E-state index in [0.29, 0.717) is 36.4 Å². The van der Waals surface area contributed by atoms with Crippen molar-refractivity contribution in [1.82, 2.24) is 10.3 Å². The third-order valence-corrected chi connectivity index (χ3v) is 2.81. The first-order valence-electron chi connectivity index (χ1n) is 6.43. The van der Waals surface area contributed by atoms with Crippen LogP contribution in [0.1, 0.15) is 25.8 Å². The van der Waals surface area contributed by atoms with Gasteiger partial charge in [0.25, 0.3) is 0 Å². The van der Waals surface area contributed by atoms with Crippen LogP contribution in [-0.2, 0) is 11.2 Å². The number of aromatic nitrogens is 1. The highest BCUT2D eigenvalue weighted by Gasteiger charge is 2.05. The summed E-state index contributed by atoms with van der Waals surface area (Å²) in [4.78, 5) is 25.1. The second-order valence-electron chi connectivity index (χ2n) is 5.04. The Labute approximate surface area is 111 Å². The minimum absolute atomic E-state index is 0.0734. The van der Waals surface area contributed by atoms with Gasteiger partial charge in [-0.05, 0) is 30.0 Å². The summed E-state index contributed by atoms with van der Waals surface area (Å²) < 4.78 is 4.99. The van der Waals surface area contributed by atoms with Gasteiger partial charge in [0.05, 0.1) is 5.52 Å². The summed E-state index contributed by atoms with van der Waals surface area (Å²) in [6.07, 6.45) is 1.26. The normalized spacial score (nSPS) is 11.1. The van der Waals surface area contributed by atoms with Crippen molar-refractivity contribution < 1.29 is 9.21 Å². The van der Waals surface area contributed by atoms with Crippen LogP contribution in [-0.4, -0.2) is 17.4 Å². The molecule has 0 bridgehead atoms. The van der Waals surface area contributed by atoms with Gasteiger partial charge in [-0.15, -0.1) is 0 Å². The van der Waals surface area contributed by atoms with Gasteiger partial charge in [0.2, 0.25) is 5.91 Å². The van der Waals surface area contributed by atoms with Crippen molar-refractivity contribution in [3.8, 4) is 0 Å². The molecule has 1 heterocycles. The summed E-state index contributed by atoms with van der Waals surface area (Å²) in [6, 6.07) is 5.55. The first-order valence-corrected chi connectivity index (χ1v) is 6.43. The molecule has 19 heavy (non-hydrogen) atoms. The summed E-state index contributed by atoms with van der Waals surface area (Å²) in [5, 5.41) is 2.88. The van der Waals surface area contributed by atoms with Gasteiger partial charge in [0, 0.05) is 13.0 Å². The number of carbonyl (C=O) groups is 1. The highest BCUT2D eigenvalue weighted by molar-refractivity contribution is 5.76. The molecule has 0 saturated carbocycles. The Morgan fingerprint density at radius 3 is 2.95 bits per heavy atom. The number of hydrogen-bond donors (Lipinski definition) is 2. The maximum atomic E-state index is 11.5. The first-order chi connectivity index (χ1) is 9.04. The van der Waals surface area contributed by atoms with Gasteiger partial charge in [-0.1, -0.05) is 19.9 Å². The third kappa shape index (κ3) is 3.71. The molecule has 0 radical (unpaired) electrons. The van der Waals surface area contributed by atoms with Crippen LogP contribution in [0.15, 0.2) is 27.4 Å². The van der Waals surface area contributed by atoms with Crippen molar-refractivity contribution in [3.05, 3.63) is 34.3 Å². The minimum atomic E-state index is -0.447. The van der Waals surface area contributed by atoms with Crippen molar-refractivity contribution in [3.63, 3.8) is 0 Å². The Morgan fingerprint density at radius 2 is 2.21 bits per heavy atom.